The van der Waals surface area contributed by atoms with Crippen molar-refractivity contribution in [3.63, 3.8) is 0 Å². The van der Waals surface area contributed by atoms with Crippen LogP contribution in [0.25, 0.3) is 0 Å². The predicted octanol–water partition coefficient (Wildman–Crippen LogP) is 4.28. The zero-order chi connectivity index (χ0) is 15.0. The molecule has 22 heavy (non-hydrogen) atoms. The normalized spacial score (nSPS) is 17.3. The maximum absolute atomic E-state index is 6.17. The molecule has 1 atom stereocenters. The van der Waals surface area contributed by atoms with Gasteiger partial charge in [-0.25, -0.2) is 0 Å². The molecule has 0 amide bonds. The van der Waals surface area contributed by atoms with Crippen molar-refractivity contribution in [2.75, 3.05) is 0 Å². The molecule has 0 bridgehead atoms. The Morgan fingerprint density at radius 2 is 2.09 bits per heavy atom. The first-order valence-corrected chi connectivity index (χ1v) is 7.48. The summed E-state index contributed by atoms with van der Waals surface area (Å²) in [6, 6.07) is 5.03. The van der Waals surface area contributed by atoms with E-state index < -0.39 is 11.6 Å². The Kier molecular flexibility index (Phi) is 5.22. The van der Waals surface area contributed by atoms with Crippen LogP contribution < -0.4 is 10.5 Å². The third-order valence-corrected chi connectivity index (χ3v) is 4.21. The van der Waals surface area contributed by atoms with E-state index in [1.165, 1.54) is 0 Å². The average molecular weight is 365 g/mol. The molecule has 1 unspecified atom stereocenters. The maximum atomic E-state index is 6.17. The molecule has 1 fully saturated rings. The molecule has 1 aromatic heterocycles. The van der Waals surface area contributed by atoms with Gasteiger partial charge in [-0.3, -0.25) is 0 Å². The summed E-state index contributed by atoms with van der Waals surface area (Å²) >= 11 is 11.9. The monoisotopic (exact) mass is 363 g/mol. The Labute approximate surface area is 144 Å². The summed E-state index contributed by atoms with van der Waals surface area (Å²) in [6.07, 6.45) is 2.43. The van der Waals surface area contributed by atoms with E-state index in [4.69, 9.17) is 38.2 Å². The number of hydrogen-bond donors (Lipinski definition) is 1. The fourth-order valence-electron chi connectivity index (χ4n) is 2.20. The highest BCUT2D eigenvalue weighted by Crippen LogP contribution is 2.37. The molecule has 0 aliphatic heterocycles. The highest BCUT2D eigenvalue weighted by Gasteiger charge is 2.39. The quantitative estimate of drug-likeness (QED) is 0.876. The standard InChI is InChI=1S/C14H15Cl2N3O2.ClH/c1-8(20-11-4-3-9(15)7-10(11)16)12-18-13(19-21-12)14(17)5-2-6-14;/h3-4,7-8H,2,5-6,17H2,1H3;1H. The van der Waals surface area contributed by atoms with Gasteiger partial charge in [0, 0.05) is 5.02 Å². The van der Waals surface area contributed by atoms with Crippen LogP contribution in [-0.4, -0.2) is 10.1 Å². The topological polar surface area (TPSA) is 74.2 Å². The summed E-state index contributed by atoms with van der Waals surface area (Å²) in [4.78, 5) is 4.35. The Morgan fingerprint density at radius 1 is 1.36 bits per heavy atom. The average Bonchev–Trinajstić information content (AvgIpc) is 2.89. The first-order chi connectivity index (χ1) is 9.98. The molecule has 120 valence electrons. The molecule has 3 rings (SSSR count). The summed E-state index contributed by atoms with van der Waals surface area (Å²) in [5, 5.41) is 4.95. The van der Waals surface area contributed by atoms with E-state index in [-0.39, 0.29) is 12.4 Å². The van der Waals surface area contributed by atoms with Gasteiger partial charge in [-0.2, -0.15) is 4.98 Å². The van der Waals surface area contributed by atoms with Crippen LogP contribution in [0.1, 0.15) is 44.0 Å². The SMILES string of the molecule is CC(Oc1ccc(Cl)cc1Cl)c1nc(C2(N)CCC2)no1.Cl. The third kappa shape index (κ3) is 3.33. The Balaban J connectivity index is 0.00000176. The molecule has 2 N–H and O–H groups in total. The van der Waals surface area contributed by atoms with Gasteiger partial charge in [0.05, 0.1) is 10.6 Å². The summed E-state index contributed by atoms with van der Waals surface area (Å²) in [6.45, 7) is 1.81. The zero-order valence-electron chi connectivity index (χ0n) is 11.9. The van der Waals surface area contributed by atoms with Crippen LogP contribution in [-0.2, 0) is 5.54 Å². The van der Waals surface area contributed by atoms with Crippen LogP contribution in [0.3, 0.4) is 0 Å². The van der Waals surface area contributed by atoms with Crippen molar-refractivity contribution in [2.45, 2.75) is 37.8 Å². The fourth-order valence-corrected chi connectivity index (χ4v) is 2.65. The highest BCUT2D eigenvalue weighted by molar-refractivity contribution is 6.35. The van der Waals surface area contributed by atoms with E-state index >= 15 is 0 Å². The van der Waals surface area contributed by atoms with Gasteiger partial charge in [0.25, 0.3) is 5.89 Å². The summed E-state index contributed by atoms with van der Waals surface area (Å²) in [5.41, 5.74) is 5.72. The lowest BCUT2D eigenvalue weighted by atomic mass is 9.77. The first kappa shape index (κ1) is 17.3. The summed E-state index contributed by atoms with van der Waals surface area (Å²) in [7, 11) is 0. The van der Waals surface area contributed by atoms with Crippen molar-refractivity contribution in [1.29, 1.82) is 0 Å². The maximum Gasteiger partial charge on any atom is 0.267 e. The number of nitrogens with two attached hydrogens (primary N) is 1. The Bertz CT molecular complexity index is 659. The molecule has 1 saturated carbocycles. The van der Waals surface area contributed by atoms with Crippen molar-refractivity contribution in [2.24, 2.45) is 5.73 Å². The number of halogens is 3. The van der Waals surface area contributed by atoms with E-state index in [9.17, 15) is 0 Å². The van der Waals surface area contributed by atoms with E-state index in [0.29, 0.717) is 27.5 Å². The van der Waals surface area contributed by atoms with Gasteiger partial charge < -0.3 is 15.0 Å². The summed E-state index contributed by atoms with van der Waals surface area (Å²) in [5.74, 6) is 1.44. The van der Waals surface area contributed by atoms with Crippen molar-refractivity contribution in [1.82, 2.24) is 10.1 Å². The predicted molar refractivity (Wildman–Crippen MR) is 86.8 cm³/mol. The first-order valence-electron chi connectivity index (χ1n) is 6.73. The minimum Gasteiger partial charge on any atom is -0.479 e. The van der Waals surface area contributed by atoms with Gasteiger partial charge >= 0.3 is 0 Å². The molecule has 5 nitrogen and oxygen atoms in total. The van der Waals surface area contributed by atoms with Crippen molar-refractivity contribution < 1.29 is 9.26 Å². The molecule has 1 aliphatic rings. The van der Waals surface area contributed by atoms with Gasteiger partial charge in [0.2, 0.25) is 0 Å². The molecule has 0 radical (unpaired) electrons. The smallest absolute Gasteiger partial charge is 0.267 e. The second kappa shape index (κ2) is 6.62. The fraction of sp³-hybridized carbons (Fsp3) is 0.429. The van der Waals surface area contributed by atoms with E-state index in [2.05, 4.69) is 10.1 Å². The van der Waals surface area contributed by atoms with Crippen molar-refractivity contribution >= 4 is 35.6 Å². The molecule has 1 heterocycles. The largest absolute Gasteiger partial charge is 0.479 e. The van der Waals surface area contributed by atoms with Gasteiger partial charge in [0.1, 0.15) is 5.75 Å². The minimum absolute atomic E-state index is 0. The van der Waals surface area contributed by atoms with E-state index in [0.717, 1.165) is 19.3 Å². The van der Waals surface area contributed by atoms with Gasteiger partial charge in [-0.1, -0.05) is 28.4 Å². The van der Waals surface area contributed by atoms with Gasteiger partial charge in [-0.15, -0.1) is 12.4 Å². The summed E-state index contributed by atoms with van der Waals surface area (Å²) < 4.78 is 11.0. The van der Waals surface area contributed by atoms with Crippen molar-refractivity contribution in [3.8, 4) is 5.75 Å². The molecule has 1 aliphatic carbocycles. The molecule has 2 aromatic rings. The molecule has 1 aromatic carbocycles. The number of benzene rings is 1. The number of nitrogens with zero attached hydrogens (tertiary/aromatic N) is 2. The van der Waals surface area contributed by atoms with E-state index in [1.807, 2.05) is 6.92 Å². The lowest BCUT2D eigenvalue weighted by molar-refractivity contribution is 0.174. The van der Waals surface area contributed by atoms with Crippen LogP contribution in [0.15, 0.2) is 22.7 Å². The van der Waals surface area contributed by atoms with Crippen LogP contribution in [0.2, 0.25) is 10.0 Å². The minimum atomic E-state index is -0.445. The van der Waals surface area contributed by atoms with Crippen LogP contribution in [0.5, 0.6) is 5.75 Å². The molecular formula is C14H16Cl3N3O2. The highest BCUT2D eigenvalue weighted by atomic mass is 35.5. The molecule has 0 saturated heterocycles. The third-order valence-electron chi connectivity index (χ3n) is 3.68. The zero-order valence-corrected chi connectivity index (χ0v) is 14.2. The Morgan fingerprint density at radius 3 is 2.68 bits per heavy atom. The lowest BCUT2D eigenvalue weighted by Crippen LogP contribution is -2.44. The number of rotatable bonds is 4. The van der Waals surface area contributed by atoms with Crippen LogP contribution in [0.4, 0.5) is 0 Å². The number of ether oxygens (including phenoxy) is 1. The Hall–Kier alpha value is -1.01. The van der Waals surface area contributed by atoms with Gasteiger partial charge in [0.15, 0.2) is 11.9 Å². The second-order valence-electron chi connectivity index (χ2n) is 5.30. The molecule has 8 heteroatoms. The van der Waals surface area contributed by atoms with Gasteiger partial charge in [-0.05, 0) is 44.4 Å². The lowest BCUT2D eigenvalue weighted by Gasteiger charge is -2.34. The number of aromatic nitrogens is 2. The second-order valence-corrected chi connectivity index (χ2v) is 6.14. The molecular weight excluding hydrogens is 349 g/mol. The molecule has 0 spiro atoms. The van der Waals surface area contributed by atoms with Crippen LogP contribution >= 0.6 is 35.6 Å². The number of hydrogen-bond acceptors (Lipinski definition) is 5. The van der Waals surface area contributed by atoms with Crippen LogP contribution in [0, 0.1) is 0 Å². The van der Waals surface area contributed by atoms with E-state index in [1.54, 1.807) is 18.2 Å². The van der Waals surface area contributed by atoms with Crippen molar-refractivity contribution in [3.05, 3.63) is 40.0 Å².